The monoisotopic (exact) mass is 268 g/mol. The molecule has 0 spiro atoms. The number of rotatable bonds is 6. The van der Waals surface area contributed by atoms with Crippen molar-refractivity contribution in [2.45, 2.75) is 13.0 Å². The third-order valence-electron chi connectivity index (χ3n) is 3.17. The molecule has 0 saturated heterocycles. The van der Waals surface area contributed by atoms with Crippen LogP contribution in [0.4, 0.5) is 0 Å². The summed E-state index contributed by atoms with van der Waals surface area (Å²) < 4.78 is 0. The molecule has 0 aliphatic heterocycles. The molecule has 3 nitrogen and oxygen atoms in total. The molecule has 0 aromatic heterocycles. The summed E-state index contributed by atoms with van der Waals surface area (Å²) in [5.41, 5.74) is 7.78. The highest BCUT2D eigenvalue weighted by atomic mass is 16.2. The zero-order chi connectivity index (χ0) is 14.2. The molecule has 0 bridgehead atoms. The van der Waals surface area contributed by atoms with Gasteiger partial charge in [0, 0.05) is 19.6 Å². The predicted molar refractivity (Wildman–Crippen MR) is 81.1 cm³/mol. The van der Waals surface area contributed by atoms with Crippen LogP contribution in [0.15, 0.2) is 60.7 Å². The summed E-state index contributed by atoms with van der Waals surface area (Å²) in [5, 5.41) is 0. The van der Waals surface area contributed by atoms with Crippen LogP contribution >= 0.6 is 0 Å². The molecule has 2 rings (SSSR count). The second-order valence-corrected chi connectivity index (χ2v) is 4.75. The van der Waals surface area contributed by atoms with Gasteiger partial charge < -0.3 is 10.6 Å². The highest BCUT2D eigenvalue weighted by molar-refractivity contribution is 5.78. The van der Waals surface area contributed by atoms with Gasteiger partial charge in [0.2, 0.25) is 5.91 Å². The third kappa shape index (κ3) is 4.21. The molecule has 0 atom stereocenters. The molecule has 2 aromatic carbocycles. The Morgan fingerprint density at radius 2 is 1.45 bits per heavy atom. The van der Waals surface area contributed by atoms with Crippen molar-refractivity contribution < 1.29 is 4.79 Å². The van der Waals surface area contributed by atoms with Gasteiger partial charge >= 0.3 is 0 Å². The van der Waals surface area contributed by atoms with Gasteiger partial charge in [-0.1, -0.05) is 60.7 Å². The van der Waals surface area contributed by atoms with E-state index in [1.54, 1.807) is 0 Å². The molecule has 2 aromatic rings. The Morgan fingerprint density at radius 1 is 0.900 bits per heavy atom. The number of benzene rings is 2. The molecule has 0 heterocycles. The summed E-state index contributed by atoms with van der Waals surface area (Å²) in [4.78, 5) is 14.2. The van der Waals surface area contributed by atoms with E-state index >= 15 is 0 Å². The molecule has 20 heavy (non-hydrogen) atoms. The number of carbonyl (C=O) groups is 1. The van der Waals surface area contributed by atoms with E-state index in [0.29, 0.717) is 26.1 Å². The quantitative estimate of drug-likeness (QED) is 0.873. The van der Waals surface area contributed by atoms with Crippen LogP contribution in [0.3, 0.4) is 0 Å². The van der Waals surface area contributed by atoms with E-state index in [4.69, 9.17) is 5.73 Å². The van der Waals surface area contributed by atoms with Crippen LogP contribution in [-0.4, -0.2) is 23.9 Å². The molecule has 0 aliphatic rings. The normalized spacial score (nSPS) is 10.2. The largest absolute Gasteiger partial charge is 0.337 e. The maximum atomic E-state index is 12.4. The molecule has 0 aliphatic carbocycles. The SMILES string of the molecule is NCCN(Cc1ccccc1)C(=O)Cc1ccccc1. The third-order valence-corrected chi connectivity index (χ3v) is 3.17. The topological polar surface area (TPSA) is 46.3 Å². The van der Waals surface area contributed by atoms with Crippen molar-refractivity contribution in [3.05, 3.63) is 71.8 Å². The summed E-state index contributed by atoms with van der Waals surface area (Å²) in [6.45, 7) is 1.68. The summed E-state index contributed by atoms with van der Waals surface area (Å²) >= 11 is 0. The molecule has 0 unspecified atom stereocenters. The summed E-state index contributed by atoms with van der Waals surface area (Å²) in [7, 11) is 0. The number of nitrogens with two attached hydrogens (primary N) is 1. The van der Waals surface area contributed by atoms with Crippen LogP contribution < -0.4 is 5.73 Å². The fourth-order valence-electron chi connectivity index (χ4n) is 2.13. The first-order valence-corrected chi connectivity index (χ1v) is 6.85. The first-order chi connectivity index (χ1) is 9.79. The Labute approximate surface area is 120 Å². The second-order valence-electron chi connectivity index (χ2n) is 4.75. The van der Waals surface area contributed by atoms with E-state index in [-0.39, 0.29) is 5.91 Å². The summed E-state index contributed by atoms with van der Waals surface area (Å²) in [6.07, 6.45) is 0.424. The molecule has 2 N–H and O–H groups in total. The molecule has 3 heteroatoms. The minimum atomic E-state index is 0.116. The standard InChI is InChI=1S/C17H20N2O/c18-11-12-19(14-16-9-5-2-6-10-16)17(20)13-15-7-3-1-4-8-15/h1-10H,11-14,18H2. The molecule has 1 amide bonds. The van der Waals surface area contributed by atoms with Crippen molar-refractivity contribution in [3.63, 3.8) is 0 Å². The van der Waals surface area contributed by atoms with Crippen molar-refractivity contribution in [1.29, 1.82) is 0 Å². The van der Waals surface area contributed by atoms with Gasteiger partial charge in [0.25, 0.3) is 0 Å². The number of amides is 1. The minimum absolute atomic E-state index is 0.116. The van der Waals surface area contributed by atoms with Crippen molar-refractivity contribution in [2.24, 2.45) is 5.73 Å². The second kappa shape index (κ2) is 7.46. The van der Waals surface area contributed by atoms with Crippen molar-refractivity contribution >= 4 is 5.91 Å². The Morgan fingerprint density at radius 3 is 2.00 bits per heavy atom. The Kier molecular flexibility index (Phi) is 5.33. The number of nitrogens with zero attached hydrogens (tertiary/aromatic N) is 1. The van der Waals surface area contributed by atoms with Crippen molar-refractivity contribution in [3.8, 4) is 0 Å². The van der Waals surface area contributed by atoms with Gasteiger partial charge in [-0.3, -0.25) is 4.79 Å². The Hall–Kier alpha value is -2.13. The molecule has 0 fully saturated rings. The van der Waals surface area contributed by atoms with E-state index in [1.807, 2.05) is 65.6 Å². The minimum Gasteiger partial charge on any atom is -0.337 e. The van der Waals surface area contributed by atoms with Crippen LogP contribution in [0.25, 0.3) is 0 Å². The molecular formula is C17H20N2O. The zero-order valence-corrected chi connectivity index (χ0v) is 11.5. The Bertz CT molecular complexity index is 525. The van der Waals surface area contributed by atoms with Crippen molar-refractivity contribution in [1.82, 2.24) is 4.90 Å². The smallest absolute Gasteiger partial charge is 0.227 e. The molecular weight excluding hydrogens is 248 g/mol. The van der Waals surface area contributed by atoms with Gasteiger partial charge in [0.1, 0.15) is 0 Å². The lowest BCUT2D eigenvalue weighted by Gasteiger charge is -2.22. The Balaban J connectivity index is 2.02. The zero-order valence-electron chi connectivity index (χ0n) is 11.5. The van der Waals surface area contributed by atoms with E-state index in [9.17, 15) is 4.79 Å². The van der Waals surface area contributed by atoms with Crippen LogP contribution in [0.2, 0.25) is 0 Å². The van der Waals surface area contributed by atoms with Gasteiger partial charge in [-0.25, -0.2) is 0 Å². The van der Waals surface area contributed by atoms with Crippen LogP contribution in [0.1, 0.15) is 11.1 Å². The molecule has 0 saturated carbocycles. The molecule has 104 valence electrons. The number of hydrogen-bond donors (Lipinski definition) is 1. The maximum absolute atomic E-state index is 12.4. The fourth-order valence-corrected chi connectivity index (χ4v) is 2.13. The van der Waals surface area contributed by atoms with E-state index in [1.165, 1.54) is 0 Å². The number of hydrogen-bond acceptors (Lipinski definition) is 2. The average molecular weight is 268 g/mol. The lowest BCUT2D eigenvalue weighted by atomic mass is 10.1. The first-order valence-electron chi connectivity index (χ1n) is 6.85. The fraction of sp³-hybridized carbons (Fsp3) is 0.235. The van der Waals surface area contributed by atoms with Crippen LogP contribution in [0.5, 0.6) is 0 Å². The summed E-state index contributed by atoms with van der Waals surface area (Å²) in [5.74, 6) is 0.116. The predicted octanol–water partition coefficient (Wildman–Crippen LogP) is 2.22. The van der Waals surface area contributed by atoms with Crippen LogP contribution in [-0.2, 0) is 17.8 Å². The highest BCUT2D eigenvalue weighted by Crippen LogP contribution is 2.08. The first kappa shape index (κ1) is 14.3. The lowest BCUT2D eigenvalue weighted by molar-refractivity contribution is -0.131. The molecule has 0 radical (unpaired) electrons. The van der Waals surface area contributed by atoms with Crippen LogP contribution in [0, 0.1) is 0 Å². The van der Waals surface area contributed by atoms with E-state index in [2.05, 4.69) is 0 Å². The van der Waals surface area contributed by atoms with Gasteiger partial charge in [0.15, 0.2) is 0 Å². The van der Waals surface area contributed by atoms with E-state index < -0.39 is 0 Å². The van der Waals surface area contributed by atoms with Crippen molar-refractivity contribution in [2.75, 3.05) is 13.1 Å². The van der Waals surface area contributed by atoms with Gasteiger partial charge in [-0.2, -0.15) is 0 Å². The van der Waals surface area contributed by atoms with Gasteiger partial charge in [0.05, 0.1) is 6.42 Å². The highest BCUT2D eigenvalue weighted by Gasteiger charge is 2.13. The number of carbonyl (C=O) groups excluding carboxylic acids is 1. The van der Waals surface area contributed by atoms with Gasteiger partial charge in [-0.05, 0) is 11.1 Å². The maximum Gasteiger partial charge on any atom is 0.227 e. The van der Waals surface area contributed by atoms with Gasteiger partial charge in [-0.15, -0.1) is 0 Å². The lowest BCUT2D eigenvalue weighted by Crippen LogP contribution is -2.35. The summed E-state index contributed by atoms with van der Waals surface area (Å²) in [6, 6.07) is 19.8. The van der Waals surface area contributed by atoms with E-state index in [0.717, 1.165) is 11.1 Å². The average Bonchev–Trinajstić information content (AvgIpc) is 2.49.